The predicted octanol–water partition coefficient (Wildman–Crippen LogP) is 2.70. The van der Waals surface area contributed by atoms with Crippen molar-refractivity contribution in [2.75, 3.05) is 0 Å². The standard InChI is InChI=1S/C11H10F2O2/c1-7(10(13)11(14)15)6-8-4-2-3-5-9(8)12/h2-5H,6H2,1H3,(H,14,15)/b10-7-. The molecule has 0 unspecified atom stereocenters. The summed E-state index contributed by atoms with van der Waals surface area (Å²) in [6.07, 6.45) is -0.0369. The molecule has 0 saturated heterocycles. The van der Waals surface area contributed by atoms with Gasteiger partial charge in [-0.05, 0) is 30.5 Å². The molecule has 0 bridgehead atoms. The van der Waals surface area contributed by atoms with Crippen LogP contribution in [-0.4, -0.2) is 11.1 Å². The van der Waals surface area contributed by atoms with Crippen LogP contribution in [0.1, 0.15) is 12.5 Å². The van der Waals surface area contributed by atoms with Crippen molar-refractivity contribution < 1.29 is 18.7 Å². The number of carboxylic acid groups (broad SMARTS) is 1. The van der Waals surface area contributed by atoms with Crippen LogP contribution >= 0.6 is 0 Å². The van der Waals surface area contributed by atoms with E-state index in [0.717, 1.165) is 0 Å². The molecule has 0 atom stereocenters. The maximum atomic E-state index is 13.1. The molecule has 0 aliphatic heterocycles. The van der Waals surface area contributed by atoms with Gasteiger partial charge in [0.25, 0.3) is 0 Å². The van der Waals surface area contributed by atoms with Crippen molar-refractivity contribution in [1.29, 1.82) is 0 Å². The highest BCUT2D eigenvalue weighted by Crippen LogP contribution is 2.15. The Morgan fingerprint density at radius 1 is 1.40 bits per heavy atom. The highest BCUT2D eigenvalue weighted by molar-refractivity contribution is 5.84. The van der Waals surface area contributed by atoms with Gasteiger partial charge in [-0.2, -0.15) is 4.39 Å². The lowest BCUT2D eigenvalue weighted by Gasteiger charge is -2.03. The topological polar surface area (TPSA) is 37.3 Å². The van der Waals surface area contributed by atoms with Gasteiger partial charge < -0.3 is 5.11 Å². The number of allylic oxidation sites excluding steroid dienone is 1. The van der Waals surface area contributed by atoms with Crippen LogP contribution in [0.15, 0.2) is 35.7 Å². The Kier molecular flexibility index (Phi) is 3.55. The van der Waals surface area contributed by atoms with Crippen molar-refractivity contribution in [1.82, 2.24) is 0 Å². The molecule has 0 aliphatic rings. The molecule has 0 saturated carbocycles. The Morgan fingerprint density at radius 2 is 2.00 bits per heavy atom. The zero-order valence-electron chi connectivity index (χ0n) is 8.13. The van der Waals surface area contributed by atoms with Crippen molar-refractivity contribution in [3.63, 3.8) is 0 Å². The van der Waals surface area contributed by atoms with E-state index in [1.807, 2.05) is 0 Å². The second-order valence-corrected chi connectivity index (χ2v) is 3.17. The SMILES string of the molecule is C/C(Cc1ccccc1F)=C(/F)C(=O)O. The first-order chi connectivity index (χ1) is 7.02. The molecular weight excluding hydrogens is 202 g/mol. The fourth-order valence-electron chi connectivity index (χ4n) is 1.19. The summed E-state index contributed by atoms with van der Waals surface area (Å²) in [5.41, 5.74) is 0.291. The summed E-state index contributed by atoms with van der Waals surface area (Å²) in [5, 5.41) is 8.37. The van der Waals surface area contributed by atoms with Gasteiger partial charge >= 0.3 is 5.97 Å². The van der Waals surface area contributed by atoms with Gasteiger partial charge in [0.15, 0.2) is 0 Å². The number of hydrogen-bond acceptors (Lipinski definition) is 1. The monoisotopic (exact) mass is 212 g/mol. The van der Waals surface area contributed by atoms with Crippen LogP contribution in [-0.2, 0) is 11.2 Å². The molecule has 4 heteroatoms. The smallest absolute Gasteiger partial charge is 0.364 e. The quantitative estimate of drug-likeness (QED) is 0.782. The molecule has 80 valence electrons. The third-order valence-electron chi connectivity index (χ3n) is 1.98. The average Bonchev–Trinajstić information content (AvgIpc) is 2.20. The van der Waals surface area contributed by atoms with Crippen molar-refractivity contribution in [3.05, 3.63) is 47.0 Å². The van der Waals surface area contributed by atoms with Crippen molar-refractivity contribution in [3.8, 4) is 0 Å². The highest BCUT2D eigenvalue weighted by Gasteiger charge is 2.11. The summed E-state index contributed by atoms with van der Waals surface area (Å²) in [6, 6.07) is 5.88. The van der Waals surface area contributed by atoms with Gasteiger partial charge in [0.2, 0.25) is 5.83 Å². The minimum Gasteiger partial charge on any atom is -0.476 e. The summed E-state index contributed by atoms with van der Waals surface area (Å²) in [5.74, 6) is -3.31. The summed E-state index contributed by atoms with van der Waals surface area (Å²) in [6.45, 7) is 1.33. The molecule has 0 amide bonds. The van der Waals surface area contributed by atoms with E-state index < -0.39 is 17.6 Å². The number of halogens is 2. The summed E-state index contributed by atoms with van der Waals surface area (Å²) < 4.78 is 26.0. The van der Waals surface area contributed by atoms with Crippen LogP contribution in [0.4, 0.5) is 8.78 Å². The zero-order chi connectivity index (χ0) is 11.4. The summed E-state index contributed by atoms with van der Waals surface area (Å²) in [4.78, 5) is 10.3. The highest BCUT2D eigenvalue weighted by atomic mass is 19.1. The molecule has 1 N–H and O–H groups in total. The average molecular weight is 212 g/mol. The van der Waals surface area contributed by atoms with Crippen LogP contribution in [0.5, 0.6) is 0 Å². The first kappa shape index (κ1) is 11.4. The molecule has 2 nitrogen and oxygen atoms in total. The van der Waals surface area contributed by atoms with E-state index in [2.05, 4.69) is 0 Å². The first-order valence-electron chi connectivity index (χ1n) is 4.34. The van der Waals surface area contributed by atoms with Gasteiger partial charge in [0.05, 0.1) is 0 Å². The second kappa shape index (κ2) is 4.68. The van der Waals surface area contributed by atoms with Crippen LogP contribution in [0.25, 0.3) is 0 Å². The molecule has 0 fully saturated rings. The fraction of sp³-hybridized carbons (Fsp3) is 0.182. The van der Waals surface area contributed by atoms with Gasteiger partial charge in [0, 0.05) is 0 Å². The van der Waals surface area contributed by atoms with Crippen LogP contribution in [0, 0.1) is 5.82 Å². The number of carboxylic acids is 1. The van der Waals surface area contributed by atoms with E-state index in [-0.39, 0.29) is 17.6 Å². The van der Waals surface area contributed by atoms with Gasteiger partial charge in [-0.1, -0.05) is 18.2 Å². The molecule has 0 heterocycles. The maximum Gasteiger partial charge on any atom is 0.364 e. The zero-order valence-corrected chi connectivity index (χ0v) is 8.13. The molecule has 0 aliphatic carbocycles. The van der Waals surface area contributed by atoms with E-state index >= 15 is 0 Å². The molecular formula is C11H10F2O2. The van der Waals surface area contributed by atoms with Crippen LogP contribution in [0.2, 0.25) is 0 Å². The predicted molar refractivity (Wildman–Crippen MR) is 51.5 cm³/mol. The lowest BCUT2D eigenvalue weighted by atomic mass is 10.1. The van der Waals surface area contributed by atoms with E-state index in [1.165, 1.54) is 25.1 Å². The Bertz CT molecular complexity index is 411. The molecule has 1 aromatic rings. The molecule has 15 heavy (non-hydrogen) atoms. The lowest BCUT2D eigenvalue weighted by molar-refractivity contribution is -0.134. The minimum atomic E-state index is -1.62. The normalized spacial score (nSPS) is 12.2. The molecule has 0 radical (unpaired) electrons. The van der Waals surface area contributed by atoms with Crippen molar-refractivity contribution >= 4 is 5.97 Å². The second-order valence-electron chi connectivity index (χ2n) is 3.17. The van der Waals surface area contributed by atoms with Crippen molar-refractivity contribution in [2.24, 2.45) is 0 Å². The van der Waals surface area contributed by atoms with Gasteiger partial charge in [0.1, 0.15) is 5.82 Å². The van der Waals surface area contributed by atoms with E-state index in [1.54, 1.807) is 6.07 Å². The van der Waals surface area contributed by atoms with Gasteiger partial charge in [-0.25, -0.2) is 9.18 Å². The van der Waals surface area contributed by atoms with E-state index in [0.29, 0.717) is 0 Å². The Hall–Kier alpha value is -1.71. The Morgan fingerprint density at radius 3 is 2.53 bits per heavy atom. The van der Waals surface area contributed by atoms with Gasteiger partial charge in [-0.15, -0.1) is 0 Å². The fourth-order valence-corrected chi connectivity index (χ4v) is 1.19. The Labute approximate surface area is 85.9 Å². The minimum absolute atomic E-state index is 0.00704. The molecule has 0 aromatic heterocycles. The largest absolute Gasteiger partial charge is 0.476 e. The number of aliphatic carboxylic acids is 1. The van der Waals surface area contributed by atoms with Crippen LogP contribution < -0.4 is 0 Å². The van der Waals surface area contributed by atoms with E-state index in [9.17, 15) is 13.6 Å². The lowest BCUT2D eigenvalue weighted by Crippen LogP contribution is -2.01. The number of carbonyl (C=O) groups is 1. The molecule has 1 aromatic carbocycles. The third kappa shape index (κ3) is 2.87. The number of hydrogen-bond donors (Lipinski definition) is 1. The van der Waals surface area contributed by atoms with E-state index in [4.69, 9.17) is 5.11 Å². The summed E-state index contributed by atoms with van der Waals surface area (Å²) >= 11 is 0. The van der Waals surface area contributed by atoms with Gasteiger partial charge in [-0.3, -0.25) is 0 Å². The maximum absolute atomic E-state index is 13.1. The number of rotatable bonds is 3. The van der Waals surface area contributed by atoms with Crippen molar-refractivity contribution in [2.45, 2.75) is 13.3 Å². The summed E-state index contributed by atoms with van der Waals surface area (Å²) in [7, 11) is 0. The van der Waals surface area contributed by atoms with Crippen LogP contribution in [0.3, 0.4) is 0 Å². The molecule has 1 rings (SSSR count). The first-order valence-corrected chi connectivity index (χ1v) is 4.34. The third-order valence-corrected chi connectivity index (χ3v) is 1.98. The Balaban J connectivity index is 2.93. The number of benzene rings is 1. The molecule has 0 spiro atoms.